The molecule has 0 aromatic rings. The fraction of sp³-hybridized carbons (Fsp3) is 0.909. The van der Waals surface area contributed by atoms with Crippen LogP contribution in [0.25, 0.3) is 0 Å². The maximum atomic E-state index is 11.6. The molecule has 0 aromatic heterocycles. The lowest BCUT2D eigenvalue weighted by Gasteiger charge is -2.26. The normalized spacial score (nSPS) is 29.3. The topological polar surface area (TPSA) is 44.4 Å². The van der Waals surface area contributed by atoms with Crippen LogP contribution >= 0.6 is 12.4 Å². The van der Waals surface area contributed by atoms with Gasteiger partial charge in [0.05, 0.1) is 6.54 Å². The Bertz CT molecular complexity index is 223. The van der Waals surface area contributed by atoms with Gasteiger partial charge >= 0.3 is 0 Å². The van der Waals surface area contributed by atoms with Gasteiger partial charge in [-0.15, -0.1) is 12.4 Å². The highest BCUT2D eigenvalue weighted by molar-refractivity contribution is 5.85. The Hall–Kier alpha value is -0.320. The van der Waals surface area contributed by atoms with Crippen LogP contribution in [0.3, 0.4) is 0 Å². The largest absolute Gasteiger partial charge is 0.355 e. The third-order valence-corrected chi connectivity index (χ3v) is 3.51. The van der Waals surface area contributed by atoms with Crippen molar-refractivity contribution in [2.24, 2.45) is 0 Å². The van der Waals surface area contributed by atoms with E-state index in [9.17, 15) is 4.79 Å². The van der Waals surface area contributed by atoms with E-state index in [-0.39, 0.29) is 18.3 Å². The van der Waals surface area contributed by atoms with Crippen molar-refractivity contribution in [2.75, 3.05) is 26.2 Å². The van der Waals surface area contributed by atoms with Gasteiger partial charge in [-0.2, -0.15) is 0 Å². The highest BCUT2D eigenvalue weighted by Crippen LogP contribution is 2.27. The van der Waals surface area contributed by atoms with Crippen LogP contribution in [0.1, 0.15) is 26.2 Å². The van der Waals surface area contributed by atoms with Gasteiger partial charge in [0.1, 0.15) is 0 Å². The average molecular weight is 248 g/mol. The van der Waals surface area contributed by atoms with E-state index in [2.05, 4.69) is 15.5 Å². The molecule has 2 heterocycles. The number of fused-ring (bicyclic) bond motifs is 2. The summed E-state index contributed by atoms with van der Waals surface area (Å²) < 4.78 is 0. The maximum absolute atomic E-state index is 11.6. The predicted octanol–water partition coefficient (Wildman–Crippen LogP) is 0.371. The summed E-state index contributed by atoms with van der Waals surface area (Å²) in [6, 6.07) is 1.22. The van der Waals surface area contributed by atoms with Crippen molar-refractivity contribution in [1.82, 2.24) is 15.5 Å². The van der Waals surface area contributed by atoms with Crippen molar-refractivity contribution in [3.05, 3.63) is 0 Å². The lowest BCUT2D eigenvalue weighted by molar-refractivity contribution is -0.122. The SMILES string of the molecule is CCNC(=O)CN1C2CCNCC1CC2.Cl. The summed E-state index contributed by atoms with van der Waals surface area (Å²) in [5, 5.41) is 6.32. The molecular formula is C11H22ClN3O. The molecule has 2 rings (SSSR count). The standard InChI is InChI=1S/C11H21N3O.ClH/c1-2-13-11(15)8-14-9-3-4-10(14)7-12-6-5-9;/h9-10,12H,2-8H2,1H3,(H,13,15);1H. The molecule has 0 aromatic carbocycles. The van der Waals surface area contributed by atoms with Crippen molar-refractivity contribution >= 4 is 18.3 Å². The van der Waals surface area contributed by atoms with Gasteiger partial charge in [-0.25, -0.2) is 0 Å². The van der Waals surface area contributed by atoms with E-state index in [1.165, 1.54) is 19.3 Å². The minimum absolute atomic E-state index is 0. The number of halogens is 1. The summed E-state index contributed by atoms with van der Waals surface area (Å²) in [7, 11) is 0. The summed E-state index contributed by atoms with van der Waals surface area (Å²) in [5.41, 5.74) is 0. The van der Waals surface area contributed by atoms with Crippen LogP contribution < -0.4 is 10.6 Å². The molecule has 4 nitrogen and oxygen atoms in total. The van der Waals surface area contributed by atoms with E-state index >= 15 is 0 Å². The van der Waals surface area contributed by atoms with Gasteiger partial charge in [0.15, 0.2) is 0 Å². The summed E-state index contributed by atoms with van der Waals surface area (Å²) in [6.07, 6.45) is 3.71. The predicted molar refractivity (Wildman–Crippen MR) is 66.9 cm³/mol. The van der Waals surface area contributed by atoms with E-state index in [4.69, 9.17) is 0 Å². The van der Waals surface area contributed by atoms with E-state index in [0.717, 1.165) is 19.6 Å². The molecule has 1 amide bonds. The van der Waals surface area contributed by atoms with Crippen LogP contribution in [0.4, 0.5) is 0 Å². The van der Waals surface area contributed by atoms with Gasteiger partial charge in [0.2, 0.25) is 5.91 Å². The highest BCUT2D eigenvalue weighted by atomic mass is 35.5. The number of rotatable bonds is 3. The first-order valence-electron chi connectivity index (χ1n) is 6.04. The second kappa shape index (κ2) is 6.42. The highest BCUT2D eigenvalue weighted by Gasteiger charge is 2.35. The zero-order chi connectivity index (χ0) is 10.7. The lowest BCUT2D eigenvalue weighted by Crippen LogP contribution is -2.44. The van der Waals surface area contributed by atoms with E-state index in [1.54, 1.807) is 0 Å². The number of likely N-dealkylation sites (N-methyl/N-ethyl adjacent to an activating group) is 1. The van der Waals surface area contributed by atoms with Crippen molar-refractivity contribution in [1.29, 1.82) is 0 Å². The van der Waals surface area contributed by atoms with Crippen molar-refractivity contribution < 1.29 is 4.79 Å². The Labute approximate surface area is 104 Å². The quantitative estimate of drug-likeness (QED) is 0.758. The monoisotopic (exact) mass is 247 g/mol. The Morgan fingerprint density at radius 2 is 2.12 bits per heavy atom. The first kappa shape index (κ1) is 13.7. The Balaban J connectivity index is 0.00000128. The van der Waals surface area contributed by atoms with Crippen LogP contribution in [-0.2, 0) is 4.79 Å². The molecule has 2 unspecified atom stereocenters. The van der Waals surface area contributed by atoms with Crippen LogP contribution in [0.5, 0.6) is 0 Å². The van der Waals surface area contributed by atoms with Gasteiger partial charge in [-0.3, -0.25) is 9.69 Å². The number of amides is 1. The third kappa shape index (κ3) is 3.09. The average Bonchev–Trinajstić information content (AvgIpc) is 2.40. The Kier molecular flexibility index (Phi) is 5.52. The summed E-state index contributed by atoms with van der Waals surface area (Å²) >= 11 is 0. The molecule has 5 heteroatoms. The summed E-state index contributed by atoms with van der Waals surface area (Å²) in [5.74, 6) is 0.177. The third-order valence-electron chi connectivity index (χ3n) is 3.51. The molecule has 0 aliphatic carbocycles. The van der Waals surface area contributed by atoms with Crippen LogP contribution in [-0.4, -0.2) is 49.1 Å². The Morgan fingerprint density at radius 1 is 1.38 bits per heavy atom. The lowest BCUT2D eigenvalue weighted by atomic mass is 10.1. The van der Waals surface area contributed by atoms with Crippen LogP contribution in [0.2, 0.25) is 0 Å². The second-order valence-electron chi connectivity index (χ2n) is 4.50. The number of nitrogens with one attached hydrogen (secondary N) is 2. The second-order valence-corrected chi connectivity index (χ2v) is 4.50. The summed E-state index contributed by atoms with van der Waals surface area (Å²) in [6.45, 7) is 5.45. The van der Waals surface area contributed by atoms with Crippen LogP contribution in [0.15, 0.2) is 0 Å². The minimum atomic E-state index is 0. The van der Waals surface area contributed by atoms with E-state index in [0.29, 0.717) is 18.6 Å². The fourth-order valence-electron chi connectivity index (χ4n) is 2.76. The first-order chi connectivity index (χ1) is 7.31. The minimum Gasteiger partial charge on any atom is -0.355 e. The Morgan fingerprint density at radius 3 is 2.88 bits per heavy atom. The number of hydrogen-bond acceptors (Lipinski definition) is 3. The van der Waals surface area contributed by atoms with E-state index < -0.39 is 0 Å². The summed E-state index contributed by atoms with van der Waals surface area (Å²) in [4.78, 5) is 14.0. The zero-order valence-corrected chi connectivity index (χ0v) is 10.7. The van der Waals surface area contributed by atoms with Crippen molar-refractivity contribution in [3.8, 4) is 0 Å². The van der Waals surface area contributed by atoms with Gasteiger partial charge in [-0.05, 0) is 32.7 Å². The molecule has 2 aliphatic rings. The van der Waals surface area contributed by atoms with Gasteiger partial charge in [0, 0.05) is 25.2 Å². The first-order valence-corrected chi connectivity index (χ1v) is 6.04. The molecule has 0 radical (unpaired) electrons. The van der Waals surface area contributed by atoms with Gasteiger partial charge in [0.25, 0.3) is 0 Å². The number of carbonyl (C=O) groups excluding carboxylic acids is 1. The van der Waals surface area contributed by atoms with Crippen molar-refractivity contribution in [2.45, 2.75) is 38.3 Å². The fourth-order valence-corrected chi connectivity index (χ4v) is 2.76. The molecule has 2 atom stereocenters. The van der Waals surface area contributed by atoms with Crippen LogP contribution in [0, 0.1) is 0 Å². The molecule has 2 bridgehead atoms. The molecule has 2 aliphatic heterocycles. The molecule has 94 valence electrons. The van der Waals surface area contributed by atoms with Gasteiger partial charge < -0.3 is 10.6 Å². The molecule has 2 saturated heterocycles. The molecule has 0 saturated carbocycles. The van der Waals surface area contributed by atoms with E-state index in [1.807, 2.05) is 6.92 Å². The molecule has 2 fully saturated rings. The molecule has 2 N–H and O–H groups in total. The smallest absolute Gasteiger partial charge is 0.234 e. The molecule has 16 heavy (non-hydrogen) atoms. The van der Waals surface area contributed by atoms with Crippen molar-refractivity contribution in [3.63, 3.8) is 0 Å². The van der Waals surface area contributed by atoms with Gasteiger partial charge in [-0.1, -0.05) is 0 Å². The number of hydrogen-bond donors (Lipinski definition) is 2. The maximum Gasteiger partial charge on any atom is 0.234 e. The number of carbonyl (C=O) groups is 1. The zero-order valence-electron chi connectivity index (χ0n) is 9.87. The molecular weight excluding hydrogens is 226 g/mol. The number of nitrogens with zero attached hydrogens (tertiary/aromatic N) is 1. The molecule has 0 spiro atoms.